The van der Waals surface area contributed by atoms with Crippen molar-refractivity contribution < 1.29 is 0 Å². The van der Waals surface area contributed by atoms with E-state index in [1.807, 2.05) is 6.92 Å². The second-order valence-corrected chi connectivity index (χ2v) is 3.29. The number of hydrogen-bond donors (Lipinski definition) is 1. The zero-order valence-electron chi connectivity index (χ0n) is 9.44. The van der Waals surface area contributed by atoms with E-state index in [1.165, 1.54) is 16.8 Å². The summed E-state index contributed by atoms with van der Waals surface area (Å²) in [6.45, 7) is 11.5. The van der Waals surface area contributed by atoms with Gasteiger partial charge in [-0.3, -0.25) is 0 Å². The molecule has 0 amide bonds. The Balaban J connectivity index is 4.33. The normalized spacial score (nSPS) is 11.9. The molecule has 74 valence electrons. The molecule has 0 aromatic heterocycles. The lowest BCUT2D eigenvalue weighted by molar-refractivity contribution is 0.876. The maximum absolute atomic E-state index is 3.28. The summed E-state index contributed by atoms with van der Waals surface area (Å²) < 4.78 is 0. The van der Waals surface area contributed by atoms with E-state index in [4.69, 9.17) is 0 Å². The van der Waals surface area contributed by atoms with Crippen molar-refractivity contribution in [3.63, 3.8) is 0 Å². The van der Waals surface area contributed by atoms with Gasteiger partial charge in [0.15, 0.2) is 0 Å². The summed E-state index contributed by atoms with van der Waals surface area (Å²) in [5.41, 5.74) is 3.88. The van der Waals surface area contributed by atoms with Gasteiger partial charge in [-0.15, -0.1) is 0 Å². The average Bonchev–Trinajstić information content (AvgIpc) is 2.11. The van der Waals surface area contributed by atoms with Gasteiger partial charge in [-0.1, -0.05) is 23.3 Å². The van der Waals surface area contributed by atoms with Crippen molar-refractivity contribution in [1.82, 2.24) is 5.32 Å². The molecule has 1 N–H and O–H groups in total. The van der Waals surface area contributed by atoms with Crippen LogP contribution in [0.3, 0.4) is 0 Å². The Morgan fingerprint density at radius 3 is 2.15 bits per heavy atom. The third-order valence-corrected chi connectivity index (χ3v) is 1.99. The van der Waals surface area contributed by atoms with E-state index in [1.54, 1.807) is 0 Å². The molecule has 0 atom stereocenters. The largest absolute Gasteiger partial charge is 0.386 e. The van der Waals surface area contributed by atoms with Gasteiger partial charge in [-0.2, -0.15) is 0 Å². The maximum atomic E-state index is 3.28. The molecule has 0 bridgehead atoms. The van der Waals surface area contributed by atoms with Crippen molar-refractivity contribution in [3.8, 4) is 0 Å². The smallest absolute Gasteiger partial charge is 0.0296 e. The van der Waals surface area contributed by atoms with E-state index in [0.29, 0.717) is 0 Å². The lowest BCUT2D eigenvalue weighted by atomic mass is 10.1. The van der Waals surface area contributed by atoms with Crippen molar-refractivity contribution >= 4 is 0 Å². The van der Waals surface area contributed by atoms with Gasteiger partial charge in [-0.05, 0) is 40.7 Å². The highest BCUT2D eigenvalue weighted by atomic mass is 14.9. The Labute approximate surface area is 82.2 Å². The summed E-state index contributed by atoms with van der Waals surface area (Å²) >= 11 is 0. The van der Waals surface area contributed by atoms with E-state index in [9.17, 15) is 0 Å². The van der Waals surface area contributed by atoms with Crippen molar-refractivity contribution in [2.75, 3.05) is 6.54 Å². The third kappa shape index (κ3) is 5.29. The first-order chi connectivity index (χ1) is 6.11. The van der Waals surface area contributed by atoms with Crippen LogP contribution in [0.4, 0.5) is 0 Å². The number of rotatable bonds is 4. The molecule has 0 saturated carbocycles. The van der Waals surface area contributed by atoms with Crippen molar-refractivity contribution in [2.45, 2.75) is 34.6 Å². The number of nitrogens with one attached hydrogen (secondary N) is 1. The van der Waals surface area contributed by atoms with Gasteiger partial charge in [0.2, 0.25) is 0 Å². The molecule has 0 radical (unpaired) electrons. The first-order valence-electron chi connectivity index (χ1n) is 4.84. The van der Waals surface area contributed by atoms with Crippen LogP contribution in [0.1, 0.15) is 34.6 Å². The summed E-state index contributed by atoms with van der Waals surface area (Å²) in [5.74, 6) is 0. The predicted octanol–water partition coefficient (Wildman–Crippen LogP) is 3.41. The minimum Gasteiger partial charge on any atom is -0.386 e. The maximum Gasteiger partial charge on any atom is 0.0296 e. The molecule has 1 heteroatoms. The number of likely N-dealkylation sites (N-methyl/N-ethyl adjacent to an activating group) is 1. The van der Waals surface area contributed by atoms with Crippen LogP contribution >= 0.6 is 0 Å². The molecule has 0 aromatic carbocycles. The summed E-state index contributed by atoms with van der Waals surface area (Å²) in [6, 6.07) is 0. The third-order valence-electron chi connectivity index (χ3n) is 1.99. The van der Waals surface area contributed by atoms with Crippen molar-refractivity contribution in [1.29, 1.82) is 0 Å². The fraction of sp³-hybridized carbons (Fsp3) is 0.500. The molecular formula is C12H21N. The first kappa shape index (κ1) is 12.0. The van der Waals surface area contributed by atoms with Crippen LogP contribution in [0.2, 0.25) is 0 Å². The van der Waals surface area contributed by atoms with Gasteiger partial charge < -0.3 is 5.32 Å². The van der Waals surface area contributed by atoms with Crippen LogP contribution in [0.5, 0.6) is 0 Å². The topological polar surface area (TPSA) is 12.0 Å². The quantitative estimate of drug-likeness (QED) is 0.652. The molecule has 0 heterocycles. The van der Waals surface area contributed by atoms with Gasteiger partial charge in [-0.25, -0.2) is 0 Å². The van der Waals surface area contributed by atoms with Gasteiger partial charge in [0.25, 0.3) is 0 Å². The van der Waals surface area contributed by atoms with Gasteiger partial charge in [0, 0.05) is 12.2 Å². The molecular weight excluding hydrogens is 158 g/mol. The fourth-order valence-electron chi connectivity index (χ4n) is 0.843. The van der Waals surface area contributed by atoms with Crippen LogP contribution in [0.15, 0.2) is 35.1 Å². The zero-order chi connectivity index (χ0) is 10.3. The van der Waals surface area contributed by atoms with E-state index in [2.05, 4.69) is 51.2 Å². The number of hydrogen-bond acceptors (Lipinski definition) is 1. The Hall–Kier alpha value is -0.980. The highest BCUT2D eigenvalue weighted by molar-refractivity contribution is 5.27. The lowest BCUT2D eigenvalue weighted by Gasteiger charge is -2.02. The van der Waals surface area contributed by atoms with Crippen LogP contribution < -0.4 is 5.32 Å². The summed E-state index contributed by atoms with van der Waals surface area (Å²) in [4.78, 5) is 0. The summed E-state index contributed by atoms with van der Waals surface area (Å²) in [7, 11) is 0. The molecule has 1 nitrogen and oxygen atoms in total. The highest BCUT2D eigenvalue weighted by Crippen LogP contribution is 2.04. The van der Waals surface area contributed by atoms with E-state index in [-0.39, 0.29) is 0 Å². The van der Waals surface area contributed by atoms with Crippen molar-refractivity contribution in [2.24, 2.45) is 0 Å². The second-order valence-electron chi connectivity index (χ2n) is 3.29. The van der Waals surface area contributed by atoms with Gasteiger partial charge in [0.1, 0.15) is 0 Å². The summed E-state index contributed by atoms with van der Waals surface area (Å²) in [6.07, 6.45) is 6.34. The minimum atomic E-state index is 0.970. The van der Waals surface area contributed by atoms with E-state index >= 15 is 0 Å². The molecule has 0 rings (SSSR count). The SMILES string of the molecule is C/C=C(\C=C/C(C)=C(C)C)NCC. The molecule has 0 fully saturated rings. The van der Waals surface area contributed by atoms with Crippen LogP contribution in [0.25, 0.3) is 0 Å². The fourth-order valence-corrected chi connectivity index (χ4v) is 0.843. The number of allylic oxidation sites excluding steroid dienone is 5. The molecule has 0 saturated heterocycles. The average molecular weight is 179 g/mol. The van der Waals surface area contributed by atoms with Crippen molar-refractivity contribution in [3.05, 3.63) is 35.1 Å². The van der Waals surface area contributed by atoms with E-state index in [0.717, 1.165) is 6.54 Å². The molecule has 0 spiro atoms. The zero-order valence-corrected chi connectivity index (χ0v) is 9.44. The molecule has 0 aromatic rings. The molecule has 0 unspecified atom stereocenters. The second kappa shape index (κ2) is 6.53. The van der Waals surface area contributed by atoms with Crippen LogP contribution in [-0.4, -0.2) is 6.54 Å². The lowest BCUT2D eigenvalue weighted by Crippen LogP contribution is -2.09. The monoisotopic (exact) mass is 179 g/mol. The van der Waals surface area contributed by atoms with E-state index < -0.39 is 0 Å². The Morgan fingerprint density at radius 2 is 1.77 bits per heavy atom. The Morgan fingerprint density at radius 1 is 1.15 bits per heavy atom. The highest BCUT2D eigenvalue weighted by Gasteiger charge is 1.88. The first-order valence-corrected chi connectivity index (χ1v) is 4.84. The van der Waals surface area contributed by atoms with Crippen LogP contribution in [-0.2, 0) is 0 Å². The van der Waals surface area contributed by atoms with Gasteiger partial charge >= 0.3 is 0 Å². The minimum absolute atomic E-state index is 0.970. The Bertz CT molecular complexity index is 228. The van der Waals surface area contributed by atoms with Gasteiger partial charge in [0.05, 0.1) is 0 Å². The molecule has 0 aliphatic heterocycles. The summed E-state index contributed by atoms with van der Waals surface area (Å²) in [5, 5.41) is 3.28. The molecule has 13 heavy (non-hydrogen) atoms. The van der Waals surface area contributed by atoms with Crippen LogP contribution in [0, 0.1) is 0 Å². The molecule has 0 aliphatic rings. The predicted molar refractivity (Wildman–Crippen MR) is 60.6 cm³/mol. The standard InChI is InChI=1S/C12H21N/c1-6-12(13-7-2)9-8-11(5)10(3)4/h6,8-9,13H,7H2,1-5H3/b9-8-,12-6+. The Kier molecular flexibility index (Phi) is 6.03. The molecule has 0 aliphatic carbocycles.